The van der Waals surface area contributed by atoms with Crippen LogP contribution in [0.1, 0.15) is 22.8 Å². The highest BCUT2D eigenvalue weighted by atomic mass is 32.2. The van der Waals surface area contributed by atoms with Gasteiger partial charge in [0.25, 0.3) is 0 Å². The van der Waals surface area contributed by atoms with Gasteiger partial charge in [-0.25, -0.2) is 8.42 Å². The van der Waals surface area contributed by atoms with E-state index in [0.717, 1.165) is 30.8 Å². The summed E-state index contributed by atoms with van der Waals surface area (Å²) in [6, 6.07) is 12.6. The van der Waals surface area contributed by atoms with Gasteiger partial charge in [0.05, 0.1) is 18.1 Å². The summed E-state index contributed by atoms with van der Waals surface area (Å²) in [4.78, 5) is 2.47. The lowest BCUT2D eigenvalue weighted by atomic mass is 9.98. The number of aliphatic hydroxyl groups is 1. The van der Waals surface area contributed by atoms with Crippen LogP contribution in [0.15, 0.2) is 47.4 Å². The fourth-order valence-corrected chi connectivity index (χ4v) is 3.79. The molecule has 0 saturated heterocycles. The molecule has 0 amide bonds. The van der Waals surface area contributed by atoms with Gasteiger partial charge in [-0.3, -0.25) is 4.90 Å². The SMILES string of the molecule is COc1ccc2c(c1)CN(CC(O)c1ccc(S(C)(=O)=O)cc1)CC2. The molecule has 0 radical (unpaired) electrons. The van der Waals surface area contributed by atoms with Crippen LogP contribution in [-0.2, 0) is 22.8 Å². The number of benzene rings is 2. The Labute approximate surface area is 148 Å². The minimum absolute atomic E-state index is 0.266. The minimum Gasteiger partial charge on any atom is -0.497 e. The van der Waals surface area contributed by atoms with E-state index in [-0.39, 0.29) is 4.90 Å². The van der Waals surface area contributed by atoms with Crippen molar-refractivity contribution in [2.45, 2.75) is 24.0 Å². The third kappa shape index (κ3) is 4.21. The maximum atomic E-state index is 11.5. The molecule has 2 aromatic rings. The van der Waals surface area contributed by atoms with Crippen molar-refractivity contribution in [1.29, 1.82) is 0 Å². The highest BCUT2D eigenvalue weighted by Crippen LogP contribution is 2.25. The van der Waals surface area contributed by atoms with E-state index in [9.17, 15) is 13.5 Å². The standard InChI is InChI=1S/C19H23NO4S/c1-24-17-6-3-14-9-10-20(12-16(14)11-17)13-19(21)15-4-7-18(8-5-15)25(2,22)23/h3-8,11,19,21H,9-10,12-13H2,1-2H3. The normalized spacial score (nSPS) is 16.3. The monoisotopic (exact) mass is 361 g/mol. The van der Waals surface area contributed by atoms with Crippen LogP contribution in [0.2, 0.25) is 0 Å². The molecule has 1 atom stereocenters. The molecule has 1 unspecified atom stereocenters. The van der Waals surface area contributed by atoms with E-state index in [1.54, 1.807) is 31.4 Å². The minimum atomic E-state index is -3.22. The molecular formula is C19H23NO4S. The quantitative estimate of drug-likeness (QED) is 0.884. The summed E-state index contributed by atoms with van der Waals surface area (Å²) in [6.07, 6.45) is 1.47. The van der Waals surface area contributed by atoms with E-state index >= 15 is 0 Å². The number of sulfone groups is 1. The van der Waals surface area contributed by atoms with Crippen LogP contribution in [0.25, 0.3) is 0 Å². The van der Waals surface area contributed by atoms with Crippen molar-refractivity contribution in [3.63, 3.8) is 0 Å². The number of rotatable bonds is 5. The van der Waals surface area contributed by atoms with Gasteiger partial charge in [0.1, 0.15) is 5.75 Å². The van der Waals surface area contributed by atoms with Crippen LogP contribution >= 0.6 is 0 Å². The Morgan fingerprint density at radius 2 is 1.88 bits per heavy atom. The molecule has 6 heteroatoms. The molecule has 5 nitrogen and oxygen atoms in total. The van der Waals surface area contributed by atoms with Gasteiger partial charge < -0.3 is 9.84 Å². The lowest BCUT2D eigenvalue weighted by Gasteiger charge is -2.30. The topological polar surface area (TPSA) is 66.8 Å². The third-order valence-corrected chi connectivity index (χ3v) is 5.76. The number of methoxy groups -OCH3 is 1. The predicted molar refractivity (Wildman–Crippen MR) is 96.5 cm³/mol. The number of ether oxygens (including phenoxy) is 1. The van der Waals surface area contributed by atoms with Gasteiger partial charge in [-0.2, -0.15) is 0 Å². The van der Waals surface area contributed by atoms with E-state index < -0.39 is 15.9 Å². The zero-order valence-electron chi connectivity index (χ0n) is 14.5. The van der Waals surface area contributed by atoms with Crippen LogP contribution < -0.4 is 4.74 Å². The molecular weight excluding hydrogens is 338 g/mol. The summed E-state index contributed by atoms with van der Waals surface area (Å²) < 4.78 is 28.3. The van der Waals surface area contributed by atoms with Gasteiger partial charge in [-0.05, 0) is 47.4 Å². The first kappa shape index (κ1) is 17.9. The maximum Gasteiger partial charge on any atom is 0.175 e. The van der Waals surface area contributed by atoms with Crippen LogP contribution in [0.3, 0.4) is 0 Å². The first-order chi connectivity index (χ1) is 11.9. The molecule has 25 heavy (non-hydrogen) atoms. The summed E-state index contributed by atoms with van der Waals surface area (Å²) in [5.74, 6) is 0.845. The molecule has 1 aliphatic rings. The molecule has 3 rings (SSSR count). The van der Waals surface area contributed by atoms with E-state index in [4.69, 9.17) is 4.74 Å². The smallest absolute Gasteiger partial charge is 0.175 e. The second kappa shape index (κ2) is 7.15. The van der Waals surface area contributed by atoms with Crippen LogP contribution in [0, 0.1) is 0 Å². The Balaban J connectivity index is 1.68. The lowest BCUT2D eigenvalue weighted by molar-refractivity contribution is 0.106. The average Bonchev–Trinajstić information content (AvgIpc) is 2.60. The average molecular weight is 361 g/mol. The van der Waals surface area contributed by atoms with E-state index in [2.05, 4.69) is 17.0 Å². The summed E-state index contributed by atoms with van der Waals surface area (Å²) in [5, 5.41) is 10.5. The maximum absolute atomic E-state index is 11.5. The molecule has 134 valence electrons. The number of fused-ring (bicyclic) bond motifs is 1. The number of hydrogen-bond acceptors (Lipinski definition) is 5. The number of aliphatic hydroxyl groups excluding tert-OH is 1. The van der Waals surface area contributed by atoms with Gasteiger partial charge in [0.15, 0.2) is 9.84 Å². The third-order valence-electron chi connectivity index (χ3n) is 4.63. The summed E-state index contributed by atoms with van der Waals surface area (Å²) in [7, 11) is -1.56. The molecule has 0 fully saturated rings. The second-order valence-electron chi connectivity index (χ2n) is 6.48. The van der Waals surface area contributed by atoms with E-state index in [1.807, 2.05) is 6.07 Å². The Kier molecular flexibility index (Phi) is 5.13. The molecule has 0 bridgehead atoms. The Hall–Kier alpha value is -1.89. The van der Waals surface area contributed by atoms with Crippen molar-refractivity contribution in [3.8, 4) is 5.75 Å². The summed E-state index contributed by atoms with van der Waals surface area (Å²) in [6.45, 7) is 2.16. The molecule has 1 aliphatic heterocycles. The summed E-state index contributed by atoms with van der Waals surface area (Å²) >= 11 is 0. The zero-order valence-corrected chi connectivity index (χ0v) is 15.3. The van der Waals surface area contributed by atoms with Crippen molar-refractivity contribution >= 4 is 9.84 Å². The number of nitrogens with zero attached hydrogens (tertiary/aromatic N) is 1. The molecule has 0 aromatic heterocycles. The highest BCUT2D eigenvalue weighted by molar-refractivity contribution is 7.90. The van der Waals surface area contributed by atoms with Crippen LogP contribution in [-0.4, -0.2) is 44.9 Å². The fraction of sp³-hybridized carbons (Fsp3) is 0.368. The van der Waals surface area contributed by atoms with Crippen LogP contribution in [0.4, 0.5) is 0 Å². The van der Waals surface area contributed by atoms with Gasteiger partial charge in [0.2, 0.25) is 0 Å². The lowest BCUT2D eigenvalue weighted by Crippen LogP contribution is -2.34. The highest BCUT2D eigenvalue weighted by Gasteiger charge is 2.20. The predicted octanol–water partition coefficient (Wildman–Crippen LogP) is 2.19. The largest absolute Gasteiger partial charge is 0.497 e. The first-order valence-electron chi connectivity index (χ1n) is 8.23. The van der Waals surface area contributed by atoms with E-state index in [0.29, 0.717) is 6.54 Å². The Morgan fingerprint density at radius 3 is 2.52 bits per heavy atom. The van der Waals surface area contributed by atoms with Crippen molar-refractivity contribution in [2.24, 2.45) is 0 Å². The van der Waals surface area contributed by atoms with Gasteiger partial charge in [0, 0.05) is 25.9 Å². The Morgan fingerprint density at radius 1 is 1.16 bits per heavy atom. The van der Waals surface area contributed by atoms with Crippen molar-refractivity contribution in [2.75, 3.05) is 26.5 Å². The van der Waals surface area contributed by atoms with Crippen molar-refractivity contribution < 1.29 is 18.3 Å². The molecule has 1 N–H and O–H groups in total. The molecule has 2 aromatic carbocycles. The van der Waals surface area contributed by atoms with Gasteiger partial charge >= 0.3 is 0 Å². The van der Waals surface area contributed by atoms with Gasteiger partial charge in [-0.1, -0.05) is 18.2 Å². The van der Waals surface area contributed by atoms with Gasteiger partial charge in [-0.15, -0.1) is 0 Å². The fourth-order valence-electron chi connectivity index (χ4n) is 3.16. The van der Waals surface area contributed by atoms with Crippen molar-refractivity contribution in [1.82, 2.24) is 4.90 Å². The zero-order chi connectivity index (χ0) is 18.0. The number of β-amino-alcohol motifs (C(OH)–C–C–N with tert-alkyl or cyclic N) is 1. The first-order valence-corrected chi connectivity index (χ1v) is 10.1. The Bertz CT molecular complexity index is 846. The molecule has 0 saturated carbocycles. The van der Waals surface area contributed by atoms with Crippen LogP contribution in [0.5, 0.6) is 5.75 Å². The molecule has 0 spiro atoms. The molecule has 0 aliphatic carbocycles. The second-order valence-corrected chi connectivity index (χ2v) is 8.49. The number of hydrogen-bond donors (Lipinski definition) is 1. The summed E-state index contributed by atoms with van der Waals surface area (Å²) in [5.41, 5.74) is 3.28. The molecule has 1 heterocycles. The van der Waals surface area contributed by atoms with Crippen molar-refractivity contribution in [3.05, 3.63) is 59.2 Å². The van der Waals surface area contributed by atoms with E-state index in [1.165, 1.54) is 17.4 Å².